The van der Waals surface area contributed by atoms with Crippen LogP contribution in [0.3, 0.4) is 0 Å². The van der Waals surface area contributed by atoms with E-state index in [9.17, 15) is 4.79 Å². The van der Waals surface area contributed by atoms with Crippen molar-refractivity contribution < 1.29 is 4.79 Å². The minimum absolute atomic E-state index is 0. The summed E-state index contributed by atoms with van der Waals surface area (Å²) in [6, 6.07) is 0. The Hall–Kier alpha value is -0.0300. The maximum Gasteiger partial charge on any atom is 0.222 e. The Labute approximate surface area is 148 Å². The molecule has 0 aliphatic carbocycles. The monoisotopic (exact) mass is 353 g/mol. The number of carbonyl (C=O) groups is 1. The van der Waals surface area contributed by atoms with E-state index in [0.29, 0.717) is 11.8 Å². The second-order valence-corrected chi connectivity index (χ2v) is 6.65. The molecule has 0 saturated carbocycles. The molecule has 0 aromatic rings. The average Bonchev–Trinajstić information content (AvgIpc) is 3.07. The Bertz CT molecular complexity index is 312. The van der Waals surface area contributed by atoms with Crippen LogP contribution in [0.1, 0.15) is 39.0 Å². The van der Waals surface area contributed by atoms with Gasteiger partial charge in [0.15, 0.2) is 0 Å². The third-order valence-electron chi connectivity index (χ3n) is 4.74. The summed E-state index contributed by atoms with van der Waals surface area (Å²) in [5.74, 6) is 1.80. The van der Waals surface area contributed by atoms with Crippen LogP contribution in [-0.4, -0.2) is 62.0 Å². The van der Waals surface area contributed by atoms with Crippen LogP contribution in [-0.2, 0) is 4.79 Å². The molecule has 2 saturated heterocycles. The largest absolute Gasteiger partial charge is 0.342 e. The Morgan fingerprint density at radius 2 is 2.05 bits per heavy atom. The molecule has 2 rings (SSSR count). The van der Waals surface area contributed by atoms with Gasteiger partial charge < -0.3 is 15.1 Å². The molecule has 2 aliphatic rings. The SMILES string of the molecule is CCCN(C)CC1CCN(C(=O)CCC2CCNC2)C1.Cl.Cl. The minimum Gasteiger partial charge on any atom is -0.342 e. The zero-order valence-electron chi connectivity index (χ0n) is 14.1. The smallest absolute Gasteiger partial charge is 0.222 e. The molecule has 4 nitrogen and oxygen atoms in total. The van der Waals surface area contributed by atoms with Gasteiger partial charge in [-0.2, -0.15) is 0 Å². The zero-order valence-corrected chi connectivity index (χ0v) is 15.7. The number of halogens is 2. The van der Waals surface area contributed by atoms with E-state index in [4.69, 9.17) is 0 Å². The Kier molecular flexibility index (Phi) is 11.5. The Morgan fingerprint density at radius 1 is 1.27 bits per heavy atom. The summed E-state index contributed by atoms with van der Waals surface area (Å²) in [5.41, 5.74) is 0. The molecule has 2 aliphatic heterocycles. The van der Waals surface area contributed by atoms with Crippen molar-refractivity contribution in [3.8, 4) is 0 Å². The van der Waals surface area contributed by atoms with Gasteiger partial charge in [-0.25, -0.2) is 0 Å². The number of hydrogen-bond acceptors (Lipinski definition) is 3. The fourth-order valence-electron chi connectivity index (χ4n) is 3.57. The molecule has 22 heavy (non-hydrogen) atoms. The molecule has 132 valence electrons. The highest BCUT2D eigenvalue weighted by atomic mass is 35.5. The third kappa shape index (κ3) is 7.03. The third-order valence-corrected chi connectivity index (χ3v) is 4.74. The highest BCUT2D eigenvalue weighted by molar-refractivity contribution is 5.85. The molecule has 0 spiro atoms. The number of amides is 1. The number of nitrogens with one attached hydrogen (secondary N) is 1. The van der Waals surface area contributed by atoms with Crippen LogP contribution in [0.15, 0.2) is 0 Å². The zero-order chi connectivity index (χ0) is 14.4. The lowest BCUT2D eigenvalue weighted by atomic mass is 10.0. The predicted molar refractivity (Wildman–Crippen MR) is 97.2 cm³/mol. The number of likely N-dealkylation sites (tertiary alicyclic amines) is 1. The first-order chi connectivity index (χ1) is 9.69. The van der Waals surface area contributed by atoms with Crippen molar-refractivity contribution in [2.45, 2.75) is 39.0 Å². The van der Waals surface area contributed by atoms with Gasteiger partial charge in [0.25, 0.3) is 0 Å². The van der Waals surface area contributed by atoms with Crippen LogP contribution in [0.25, 0.3) is 0 Å². The van der Waals surface area contributed by atoms with Gasteiger partial charge in [-0.05, 0) is 64.2 Å². The van der Waals surface area contributed by atoms with Crippen LogP contribution < -0.4 is 5.32 Å². The Balaban J connectivity index is 0.00000220. The Morgan fingerprint density at radius 3 is 2.68 bits per heavy atom. The quantitative estimate of drug-likeness (QED) is 0.763. The van der Waals surface area contributed by atoms with Crippen molar-refractivity contribution in [2.24, 2.45) is 11.8 Å². The van der Waals surface area contributed by atoms with Gasteiger partial charge in [0, 0.05) is 26.1 Å². The highest BCUT2D eigenvalue weighted by Crippen LogP contribution is 2.20. The molecule has 2 heterocycles. The van der Waals surface area contributed by atoms with Gasteiger partial charge in [0.05, 0.1) is 0 Å². The average molecular weight is 354 g/mol. The molecule has 2 unspecified atom stereocenters. The maximum atomic E-state index is 12.3. The van der Waals surface area contributed by atoms with Crippen molar-refractivity contribution >= 4 is 30.7 Å². The van der Waals surface area contributed by atoms with Gasteiger partial charge in [-0.3, -0.25) is 4.79 Å². The lowest BCUT2D eigenvalue weighted by molar-refractivity contribution is -0.130. The first-order valence-corrected chi connectivity index (χ1v) is 8.36. The van der Waals surface area contributed by atoms with Gasteiger partial charge >= 0.3 is 0 Å². The number of carbonyl (C=O) groups excluding carboxylic acids is 1. The molecule has 0 radical (unpaired) electrons. The van der Waals surface area contributed by atoms with E-state index in [1.165, 1.54) is 25.8 Å². The minimum atomic E-state index is 0. The molecule has 2 fully saturated rings. The van der Waals surface area contributed by atoms with E-state index in [1.807, 2.05) is 0 Å². The van der Waals surface area contributed by atoms with Crippen LogP contribution >= 0.6 is 24.8 Å². The first kappa shape index (κ1) is 22.0. The number of hydrogen-bond donors (Lipinski definition) is 1. The van der Waals surface area contributed by atoms with Gasteiger partial charge in [0.2, 0.25) is 5.91 Å². The molecule has 0 aromatic heterocycles. The number of nitrogens with zero attached hydrogens (tertiary/aromatic N) is 2. The molecule has 1 amide bonds. The molecule has 0 bridgehead atoms. The van der Waals surface area contributed by atoms with Crippen molar-refractivity contribution in [1.82, 2.24) is 15.1 Å². The van der Waals surface area contributed by atoms with Gasteiger partial charge in [0.1, 0.15) is 0 Å². The van der Waals surface area contributed by atoms with Crippen molar-refractivity contribution in [3.05, 3.63) is 0 Å². The summed E-state index contributed by atoms with van der Waals surface area (Å²) in [5, 5.41) is 3.38. The predicted octanol–water partition coefficient (Wildman–Crippen LogP) is 2.41. The number of rotatable bonds is 7. The van der Waals surface area contributed by atoms with Gasteiger partial charge in [-0.15, -0.1) is 24.8 Å². The van der Waals surface area contributed by atoms with Crippen LogP contribution in [0.5, 0.6) is 0 Å². The molecular weight excluding hydrogens is 321 g/mol. The summed E-state index contributed by atoms with van der Waals surface area (Å²) >= 11 is 0. The van der Waals surface area contributed by atoms with E-state index in [0.717, 1.165) is 51.5 Å². The van der Waals surface area contributed by atoms with Crippen molar-refractivity contribution in [2.75, 3.05) is 46.3 Å². The first-order valence-electron chi connectivity index (χ1n) is 8.36. The van der Waals surface area contributed by atoms with Crippen molar-refractivity contribution in [1.29, 1.82) is 0 Å². The van der Waals surface area contributed by atoms with E-state index in [-0.39, 0.29) is 24.8 Å². The lowest BCUT2D eigenvalue weighted by Crippen LogP contribution is -2.32. The van der Waals surface area contributed by atoms with E-state index in [2.05, 4.69) is 29.1 Å². The van der Waals surface area contributed by atoms with E-state index >= 15 is 0 Å². The van der Waals surface area contributed by atoms with Crippen molar-refractivity contribution in [3.63, 3.8) is 0 Å². The normalized spacial score (nSPS) is 24.2. The molecule has 2 atom stereocenters. The highest BCUT2D eigenvalue weighted by Gasteiger charge is 2.27. The van der Waals surface area contributed by atoms with E-state index in [1.54, 1.807) is 0 Å². The fraction of sp³-hybridized carbons (Fsp3) is 0.938. The second kappa shape index (κ2) is 11.5. The molecule has 6 heteroatoms. The standard InChI is InChI=1S/C16H31N3O.2ClH/c1-3-9-18(2)12-15-7-10-19(13-15)16(20)5-4-14-6-8-17-11-14;;/h14-15,17H,3-13H2,1-2H3;2*1H. The summed E-state index contributed by atoms with van der Waals surface area (Å²) in [6.07, 6.45) is 5.47. The van der Waals surface area contributed by atoms with E-state index < -0.39 is 0 Å². The maximum absolute atomic E-state index is 12.3. The molecule has 1 N–H and O–H groups in total. The molecular formula is C16H33Cl2N3O. The topological polar surface area (TPSA) is 35.6 Å². The van der Waals surface area contributed by atoms with Crippen LogP contribution in [0.4, 0.5) is 0 Å². The lowest BCUT2D eigenvalue weighted by Gasteiger charge is -2.21. The summed E-state index contributed by atoms with van der Waals surface area (Å²) in [7, 11) is 2.20. The summed E-state index contributed by atoms with van der Waals surface area (Å²) in [6.45, 7) is 8.73. The second-order valence-electron chi connectivity index (χ2n) is 6.65. The van der Waals surface area contributed by atoms with Crippen LogP contribution in [0.2, 0.25) is 0 Å². The fourth-order valence-corrected chi connectivity index (χ4v) is 3.57. The van der Waals surface area contributed by atoms with Gasteiger partial charge in [-0.1, -0.05) is 6.92 Å². The molecule has 0 aromatic carbocycles. The summed E-state index contributed by atoms with van der Waals surface area (Å²) < 4.78 is 0. The van der Waals surface area contributed by atoms with Crippen LogP contribution in [0, 0.1) is 11.8 Å². The summed E-state index contributed by atoms with van der Waals surface area (Å²) in [4.78, 5) is 16.8.